The highest BCUT2D eigenvalue weighted by Gasteiger charge is 2.18. The van der Waals surface area contributed by atoms with Gasteiger partial charge in [-0.1, -0.05) is 32.8 Å². The molecule has 0 heterocycles. The van der Waals surface area contributed by atoms with E-state index in [0.29, 0.717) is 6.04 Å². The average Bonchev–Trinajstić information content (AvgIpc) is 2.91. The van der Waals surface area contributed by atoms with Gasteiger partial charge in [-0.2, -0.15) is 0 Å². The summed E-state index contributed by atoms with van der Waals surface area (Å²) in [5.74, 6) is 0.00723. The van der Waals surface area contributed by atoms with E-state index in [-0.39, 0.29) is 11.8 Å². The summed E-state index contributed by atoms with van der Waals surface area (Å²) in [4.78, 5) is 12.0. The van der Waals surface area contributed by atoms with Gasteiger partial charge in [0, 0.05) is 17.4 Å². The van der Waals surface area contributed by atoms with Crippen LogP contribution in [0.1, 0.15) is 39.5 Å². The molecule has 1 aromatic rings. The molecular formula is C16H25N3O. The van der Waals surface area contributed by atoms with Crippen molar-refractivity contribution in [3.63, 3.8) is 0 Å². The van der Waals surface area contributed by atoms with Crippen molar-refractivity contribution in [2.75, 3.05) is 10.6 Å². The molecule has 110 valence electrons. The fraction of sp³-hybridized carbons (Fsp3) is 0.562. The Hall–Kier alpha value is -1.55. The van der Waals surface area contributed by atoms with Crippen LogP contribution in [-0.4, -0.2) is 18.0 Å². The maximum Gasteiger partial charge on any atom is 0.241 e. The smallest absolute Gasteiger partial charge is 0.241 e. The highest BCUT2D eigenvalue weighted by molar-refractivity contribution is 5.95. The second kappa shape index (κ2) is 6.75. The Morgan fingerprint density at radius 2 is 1.90 bits per heavy atom. The van der Waals surface area contributed by atoms with Gasteiger partial charge in [0.05, 0.1) is 6.04 Å². The van der Waals surface area contributed by atoms with E-state index < -0.39 is 6.04 Å². The molecule has 4 N–H and O–H groups in total. The third-order valence-corrected chi connectivity index (χ3v) is 3.88. The zero-order valence-corrected chi connectivity index (χ0v) is 12.4. The molecule has 0 aromatic heterocycles. The minimum atomic E-state index is -0.471. The summed E-state index contributed by atoms with van der Waals surface area (Å²) in [6, 6.07) is 7.96. The van der Waals surface area contributed by atoms with Crippen LogP contribution in [0, 0.1) is 5.92 Å². The van der Waals surface area contributed by atoms with Crippen molar-refractivity contribution >= 4 is 17.3 Å². The molecule has 0 saturated heterocycles. The van der Waals surface area contributed by atoms with Gasteiger partial charge in [0.1, 0.15) is 0 Å². The summed E-state index contributed by atoms with van der Waals surface area (Å²) in [6.07, 6.45) is 5.07. The van der Waals surface area contributed by atoms with E-state index in [1.165, 1.54) is 25.7 Å². The zero-order chi connectivity index (χ0) is 14.5. The molecule has 0 aliphatic heterocycles. The highest BCUT2D eigenvalue weighted by Crippen LogP contribution is 2.23. The van der Waals surface area contributed by atoms with E-state index in [0.717, 1.165) is 11.4 Å². The number of nitrogens with two attached hydrogens (primary N) is 1. The fourth-order valence-electron chi connectivity index (χ4n) is 2.52. The van der Waals surface area contributed by atoms with Crippen molar-refractivity contribution in [3.05, 3.63) is 24.3 Å². The van der Waals surface area contributed by atoms with Crippen molar-refractivity contribution in [1.29, 1.82) is 0 Å². The number of anilines is 2. The second-order valence-corrected chi connectivity index (χ2v) is 5.97. The third kappa shape index (κ3) is 3.97. The largest absolute Gasteiger partial charge is 0.382 e. The normalized spacial score (nSPS) is 17.2. The first-order chi connectivity index (χ1) is 9.56. The van der Waals surface area contributed by atoms with Gasteiger partial charge < -0.3 is 16.4 Å². The summed E-state index contributed by atoms with van der Waals surface area (Å²) in [6.45, 7) is 3.89. The molecule has 0 unspecified atom stereocenters. The van der Waals surface area contributed by atoms with Gasteiger partial charge in [-0.05, 0) is 37.0 Å². The van der Waals surface area contributed by atoms with Gasteiger partial charge in [0.2, 0.25) is 5.91 Å². The number of carbonyl (C=O) groups excluding carboxylic acids is 1. The quantitative estimate of drug-likeness (QED) is 0.774. The fourth-order valence-corrected chi connectivity index (χ4v) is 2.52. The van der Waals surface area contributed by atoms with Crippen LogP contribution in [0.25, 0.3) is 0 Å². The topological polar surface area (TPSA) is 67.2 Å². The lowest BCUT2D eigenvalue weighted by Crippen LogP contribution is -2.39. The van der Waals surface area contributed by atoms with Gasteiger partial charge in [-0.3, -0.25) is 4.79 Å². The predicted molar refractivity (Wildman–Crippen MR) is 83.8 cm³/mol. The number of hydrogen-bond donors (Lipinski definition) is 3. The van der Waals surface area contributed by atoms with Gasteiger partial charge in [-0.15, -0.1) is 0 Å². The molecule has 4 heteroatoms. The van der Waals surface area contributed by atoms with E-state index >= 15 is 0 Å². The maximum absolute atomic E-state index is 12.0. The van der Waals surface area contributed by atoms with Crippen LogP contribution >= 0.6 is 0 Å². The maximum atomic E-state index is 12.0. The molecule has 1 atom stereocenters. The van der Waals surface area contributed by atoms with E-state index in [2.05, 4.69) is 10.6 Å². The van der Waals surface area contributed by atoms with Gasteiger partial charge in [-0.25, -0.2) is 0 Å². The molecule has 1 amide bonds. The molecule has 0 bridgehead atoms. The first kappa shape index (κ1) is 14.9. The molecule has 2 rings (SSSR count). The number of hydrogen-bond acceptors (Lipinski definition) is 3. The Morgan fingerprint density at radius 3 is 2.55 bits per heavy atom. The molecule has 1 aliphatic rings. The standard InChI is InChI=1S/C16H25N3O/c1-11(2)15(17)16(20)19-14-9-5-8-13(10-14)18-12-6-3-4-7-12/h5,8-12,15,18H,3-4,6-7,17H2,1-2H3,(H,19,20)/t15-/m0/s1. The van der Waals surface area contributed by atoms with Crippen molar-refractivity contribution < 1.29 is 4.79 Å². The molecule has 1 saturated carbocycles. The number of rotatable bonds is 5. The summed E-state index contributed by atoms with van der Waals surface area (Å²) >= 11 is 0. The Kier molecular flexibility index (Phi) is 5.01. The molecule has 1 aromatic carbocycles. The lowest BCUT2D eigenvalue weighted by atomic mass is 10.0. The number of carbonyl (C=O) groups is 1. The number of amides is 1. The van der Waals surface area contributed by atoms with E-state index in [9.17, 15) is 4.79 Å². The van der Waals surface area contributed by atoms with Gasteiger partial charge in [0.25, 0.3) is 0 Å². The van der Waals surface area contributed by atoms with Crippen LogP contribution in [0.15, 0.2) is 24.3 Å². The molecule has 0 radical (unpaired) electrons. The third-order valence-electron chi connectivity index (χ3n) is 3.88. The predicted octanol–water partition coefficient (Wildman–Crippen LogP) is 2.96. The molecule has 1 fully saturated rings. The number of benzene rings is 1. The van der Waals surface area contributed by atoms with Crippen LogP contribution in [0.5, 0.6) is 0 Å². The van der Waals surface area contributed by atoms with Crippen molar-refractivity contribution in [2.45, 2.75) is 51.6 Å². The Balaban J connectivity index is 1.96. The molecular weight excluding hydrogens is 250 g/mol. The van der Waals surface area contributed by atoms with Crippen LogP contribution in [0.3, 0.4) is 0 Å². The van der Waals surface area contributed by atoms with Crippen LogP contribution in [0.2, 0.25) is 0 Å². The van der Waals surface area contributed by atoms with Crippen molar-refractivity contribution in [3.8, 4) is 0 Å². The lowest BCUT2D eigenvalue weighted by Gasteiger charge is -2.17. The van der Waals surface area contributed by atoms with Gasteiger partial charge >= 0.3 is 0 Å². The molecule has 20 heavy (non-hydrogen) atoms. The van der Waals surface area contributed by atoms with Crippen LogP contribution in [0.4, 0.5) is 11.4 Å². The average molecular weight is 275 g/mol. The minimum absolute atomic E-state index is 0.127. The summed E-state index contributed by atoms with van der Waals surface area (Å²) in [5, 5.41) is 6.41. The number of nitrogens with one attached hydrogen (secondary N) is 2. The Bertz CT molecular complexity index is 453. The van der Waals surface area contributed by atoms with Crippen molar-refractivity contribution in [2.24, 2.45) is 11.7 Å². The Morgan fingerprint density at radius 1 is 1.25 bits per heavy atom. The zero-order valence-electron chi connectivity index (χ0n) is 12.4. The summed E-state index contributed by atoms with van der Waals surface area (Å²) in [5.41, 5.74) is 7.71. The molecule has 4 nitrogen and oxygen atoms in total. The lowest BCUT2D eigenvalue weighted by molar-refractivity contribution is -0.118. The first-order valence-corrected chi connectivity index (χ1v) is 7.49. The first-order valence-electron chi connectivity index (χ1n) is 7.49. The van der Waals surface area contributed by atoms with Crippen molar-refractivity contribution in [1.82, 2.24) is 0 Å². The SMILES string of the molecule is CC(C)[C@H](N)C(=O)Nc1cccc(NC2CCCC2)c1. The van der Waals surface area contributed by atoms with E-state index in [4.69, 9.17) is 5.73 Å². The minimum Gasteiger partial charge on any atom is -0.382 e. The van der Waals surface area contributed by atoms with Crippen LogP contribution in [-0.2, 0) is 4.79 Å². The summed E-state index contributed by atoms with van der Waals surface area (Å²) in [7, 11) is 0. The molecule has 0 spiro atoms. The van der Waals surface area contributed by atoms with E-state index in [1.54, 1.807) is 0 Å². The second-order valence-electron chi connectivity index (χ2n) is 5.97. The summed E-state index contributed by atoms with van der Waals surface area (Å²) < 4.78 is 0. The van der Waals surface area contributed by atoms with E-state index in [1.807, 2.05) is 38.1 Å². The van der Waals surface area contributed by atoms with Crippen LogP contribution < -0.4 is 16.4 Å². The molecule has 1 aliphatic carbocycles. The Labute approximate surface area is 121 Å². The van der Waals surface area contributed by atoms with Gasteiger partial charge in [0.15, 0.2) is 0 Å². The monoisotopic (exact) mass is 275 g/mol. The highest BCUT2D eigenvalue weighted by atomic mass is 16.2.